The van der Waals surface area contributed by atoms with Gasteiger partial charge >= 0.3 is 5.69 Å². The molecule has 12 heavy (non-hydrogen) atoms. The summed E-state index contributed by atoms with van der Waals surface area (Å²) < 4.78 is 0. The highest BCUT2D eigenvalue weighted by Gasteiger charge is 1.98. The van der Waals surface area contributed by atoms with Crippen molar-refractivity contribution in [1.29, 1.82) is 0 Å². The van der Waals surface area contributed by atoms with Crippen molar-refractivity contribution in [3.05, 3.63) is 16.3 Å². The lowest BCUT2D eigenvalue weighted by Gasteiger charge is -2.00. The standard InChI is InChI=1S/C7H12N4O/c1-3-5-9-6(8-4-2)11-7(12)10-5/h3-4H2,1-2H3,(H2,8,9,10,11,12). The number of aromatic amines is 1. The first-order valence-electron chi connectivity index (χ1n) is 3.97. The first-order valence-corrected chi connectivity index (χ1v) is 3.97. The Balaban J connectivity index is 2.98. The number of nitrogens with one attached hydrogen (secondary N) is 2. The molecule has 66 valence electrons. The van der Waals surface area contributed by atoms with Crippen molar-refractivity contribution < 1.29 is 0 Å². The van der Waals surface area contributed by atoms with E-state index in [-0.39, 0.29) is 5.69 Å². The van der Waals surface area contributed by atoms with Crippen LogP contribution >= 0.6 is 0 Å². The molecule has 1 rings (SSSR count). The fourth-order valence-corrected chi connectivity index (χ4v) is 0.833. The normalized spacial score (nSPS) is 9.83. The topological polar surface area (TPSA) is 70.7 Å². The number of rotatable bonds is 3. The molecule has 1 aromatic rings. The molecular weight excluding hydrogens is 156 g/mol. The minimum Gasteiger partial charge on any atom is -0.354 e. The summed E-state index contributed by atoms with van der Waals surface area (Å²) in [6.07, 6.45) is 0.705. The Morgan fingerprint density at radius 1 is 1.42 bits per heavy atom. The van der Waals surface area contributed by atoms with Gasteiger partial charge in [-0.25, -0.2) is 4.79 Å². The van der Waals surface area contributed by atoms with Crippen molar-refractivity contribution in [2.75, 3.05) is 11.9 Å². The van der Waals surface area contributed by atoms with Gasteiger partial charge in [0.15, 0.2) is 0 Å². The van der Waals surface area contributed by atoms with Gasteiger partial charge < -0.3 is 5.32 Å². The van der Waals surface area contributed by atoms with Gasteiger partial charge in [-0.2, -0.15) is 9.97 Å². The molecule has 0 amide bonds. The van der Waals surface area contributed by atoms with Crippen LogP contribution in [0.2, 0.25) is 0 Å². The van der Waals surface area contributed by atoms with Crippen LogP contribution in [0.25, 0.3) is 0 Å². The van der Waals surface area contributed by atoms with Crippen LogP contribution in [0.4, 0.5) is 5.95 Å². The molecule has 1 aromatic heterocycles. The number of hydrogen-bond donors (Lipinski definition) is 2. The smallest absolute Gasteiger partial charge is 0.349 e. The lowest BCUT2D eigenvalue weighted by Crippen LogP contribution is -2.18. The van der Waals surface area contributed by atoms with E-state index >= 15 is 0 Å². The van der Waals surface area contributed by atoms with Crippen LogP contribution in [-0.4, -0.2) is 21.5 Å². The Morgan fingerprint density at radius 2 is 2.17 bits per heavy atom. The molecule has 0 aliphatic heterocycles. The fraction of sp³-hybridized carbons (Fsp3) is 0.571. The number of anilines is 1. The molecule has 5 nitrogen and oxygen atoms in total. The molecule has 0 bridgehead atoms. The van der Waals surface area contributed by atoms with Crippen molar-refractivity contribution in [2.45, 2.75) is 20.3 Å². The second-order valence-corrected chi connectivity index (χ2v) is 2.31. The highest BCUT2D eigenvalue weighted by Crippen LogP contribution is 1.93. The van der Waals surface area contributed by atoms with Gasteiger partial charge in [0.1, 0.15) is 5.82 Å². The van der Waals surface area contributed by atoms with E-state index in [1.807, 2.05) is 13.8 Å². The first-order chi connectivity index (χ1) is 5.76. The van der Waals surface area contributed by atoms with Gasteiger partial charge in [0.2, 0.25) is 5.95 Å². The number of hydrogen-bond acceptors (Lipinski definition) is 4. The van der Waals surface area contributed by atoms with Crippen LogP contribution in [0.5, 0.6) is 0 Å². The minimum atomic E-state index is -0.349. The average molecular weight is 168 g/mol. The Kier molecular flexibility index (Phi) is 2.79. The van der Waals surface area contributed by atoms with Crippen LogP contribution < -0.4 is 11.0 Å². The van der Waals surface area contributed by atoms with E-state index in [2.05, 4.69) is 20.3 Å². The molecule has 0 aliphatic carbocycles. The third-order valence-electron chi connectivity index (χ3n) is 1.37. The molecule has 0 saturated carbocycles. The van der Waals surface area contributed by atoms with Gasteiger partial charge in [-0.1, -0.05) is 6.92 Å². The quantitative estimate of drug-likeness (QED) is 0.674. The van der Waals surface area contributed by atoms with Crippen LogP contribution in [0, 0.1) is 0 Å². The maximum Gasteiger partial charge on any atom is 0.349 e. The van der Waals surface area contributed by atoms with Gasteiger partial charge in [-0.05, 0) is 6.92 Å². The van der Waals surface area contributed by atoms with Crippen LogP contribution in [0.1, 0.15) is 19.7 Å². The zero-order valence-electron chi connectivity index (χ0n) is 7.22. The molecule has 0 spiro atoms. The molecule has 0 fully saturated rings. The number of aromatic nitrogens is 3. The molecule has 5 heteroatoms. The average Bonchev–Trinajstić information content (AvgIpc) is 2.04. The zero-order valence-corrected chi connectivity index (χ0v) is 7.22. The van der Waals surface area contributed by atoms with E-state index in [9.17, 15) is 4.79 Å². The predicted molar refractivity (Wildman–Crippen MR) is 46.2 cm³/mol. The summed E-state index contributed by atoms with van der Waals surface area (Å²) in [5.74, 6) is 1.06. The van der Waals surface area contributed by atoms with Crippen molar-refractivity contribution in [3.63, 3.8) is 0 Å². The van der Waals surface area contributed by atoms with E-state index in [0.717, 1.165) is 0 Å². The van der Waals surface area contributed by atoms with Gasteiger partial charge in [0.25, 0.3) is 0 Å². The first kappa shape index (κ1) is 8.70. The van der Waals surface area contributed by atoms with E-state index in [4.69, 9.17) is 0 Å². The fourth-order valence-electron chi connectivity index (χ4n) is 0.833. The van der Waals surface area contributed by atoms with Crippen molar-refractivity contribution in [3.8, 4) is 0 Å². The lowest BCUT2D eigenvalue weighted by molar-refractivity contribution is 0.864. The summed E-state index contributed by atoms with van der Waals surface area (Å²) in [6, 6.07) is 0. The molecule has 0 aliphatic rings. The number of H-pyrrole nitrogens is 1. The summed E-state index contributed by atoms with van der Waals surface area (Å²) in [5, 5.41) is 2.88. The molecule has 0 atom stereocenters. The number of aryl methyl sites for hydroxylation is 1. The Morgan fingerprint density at radius 3 is 2.75 bits per heavy atom. The summed E-state index contributed by atoms with van der Waals surface area (Å²) in [4.78, 5) is 21.1. The predicted octanol–water partition coefficient (Wildman–Crippen LogP) is 0.159. The third kappa shape index (κ3) is 2.05. The monoisotopic (exact) mass is 168 g/mol. The molecule has 2 N–H and O–H groups in total. The summed E-state index contributed by atoms with van der Waals surface area (Å²) in [5.41, 5.74) is -0.349. The van der Waals surface area contributed by atoms with Crippen molar-refractivity contribution in [2.24, 2.45) is 0 Å². The maximum absolute atomic E-state index is 10.9. The van der Waals surface area contributed by atoms with Crippen LogP contribution in [0.15, 0.2) is 4.79 Å². The Hall–Kier alpha value is -1.39. The van der Waals surface area contributed by atoms with Gasteiger partial charge in [0, 0.05) is 13.0 Å². The molecular formula is C7H12N4O. The van der Waals surface area contributed by atoms with E-state index in [1.54, 1.807) is 0 Å². The largest absolute Gasteiger partial charge is 0.354 e. The van der Waals surface area contributed by atoms with Gasteiger partial charge in [0.05, 0.1) is 0 Å². The third-order valence-corrected chi connectivity index (χ3v) is 1.37. The zero-order chi connectivity index (χ0) is 8.97. The minimum absolute atomic E-state index is 0.349. The Labute approximate surface area is 70.3 Å². The molecule has 0 radical (unpaired) electrons. The summed E-state index contributed by atoms with van der Waals surface area (Å²) in [6.45, 7) is 4.57. The summed E-state index contributed by atoms with van der Waals surface area (Å²) >= 11 is 0. The second-order valence-electron chi connectivity index (χ2n) is 2.31. The molecule has 0 unspecified atom stereocenters. The van der Waals surface area contributed by atoms with E-state index in [0.29, 0.717) is 24.7 Å². The second kappa shape index (κ2) is 3.85. The maximum atomic E-state index is 10.9. The highest BCUT2D eigenvalue weighted by molar-refractivity contribution is 5.21. The van der Waals surface area contributed by atoms with Crippen LogP contribution in [0.3, 0.4) is 0 Å². The van der Waals surface area contributed by atoms with Crippen molar-refractivity contribution >= 4 is 5.95 Å². The number of nitrogens with zero attached hydrogens (tertiary/aromatic N) is 2. The Bertz CT molecular complexity index is 307. The molecule has 1 heterocycles. The van der Waals surface area contributed by atoms with Gasteiger partial charge in [-0.3, -0.25) is 4.98 Å². The van der Waals surface area contributed by atoms with Gasteiger partial charge in [-0.15, -0.1) is 0 Å². The molecule has 0 saturated heterocycles. The lowest BCUT2D eigenvalue weighted by atomic mass is 10.5. The van der Waals surface area contributed by atoms with E-state index in [1.165, 1.54) is 0 Å². The molecule has 0 aromatic carbocycles. The van der Waals surface area contributed by atoms with E-state index < -0.39 is 0 Å². The highest BCUT2D eigenvalue weighted by atomic mass is 16.1. The SMILES string of the molecule is CCNc1nc(CC)[nH]c(=O)n1. The van der Waals surface area contributed by atoms with Crippen LogP contribution in [-0.2, 0) is 6.42 Å². The summed E-state index contributed by atoms with van der Waals surface area (Å²) in [7, 11) is 0. The van der Waals surface area contributed by atoms with Crippen molar-refractivity contribution in [1.82, 2.24) is 15.0 Å².